The zero-order valence-electron chi connectivity index (χ0n) is 12.0. The van der Waals surface area contributed by atoms with Gasteiger partial charge in [-0.3, -0.25) is 0 Å². The van der Waals surface area contributed by atoms with Gasteiger partial charge in [-0.2, -0.15) is 0 Å². The average molecular weight is 268 g/mol. The van der Waals surface area contributed by atoms with Gasteiger partial charge in [0, 0.05) is 21.9 Å². The smallest absolute Gasteiger partial charge is 0.127 e. The van der Waals surface area contributed by atoms with Crippen molar-refractivity contribution in [2.24, 2.45) is 0 Å². The maximum atomic E-state index is 10.5. The van der Waals surface area contributed by atoms with E-state index in [1.165, 1.54) is 0 Å². The lowest BCUT2D eigenvalue weighted by atomic mass is 9.91. The molecule has 0 aliphatic carbocycles. The highest BCUT2D eigenvalue weighted by Gasteiger charge is 2.18. The van der Waals surface area contributed by atoms with Crippen LogP contribution >= 0.6 is 0 Å². The Kier molecular flexibility index (Phi) is 3.84. The van der Waals surface area contributed by atoms with Crippen LogP contribution < -0.4 is 0 Å². The molecule has 0 aromatic heterocycles. The Morgan fingerprint density at radius 1 is 0.850 bits per heavy atom. The molecular weight excluding hydrogens is 248 g/mol. The quantitative estimate of drug-likeness (QED) is 0.633. The van der Waals surface area contributed by atoms with E-state index in [1.54, 1.807) is 0 Å². The molecule has 0 spiro atoms. The molecule has 0 unspecified atom stereocenters. The molecule has 2 aromatic carbocycles. The normalized spacial score (nSPS) is 10.7. The summed E-state index contributed by atoms with van der Waals surface area (Å²) in [6.07, 6.45) is 1.10. The number of aromatic hydroxyl groups is 2. The fourth-order valence-corrected chi connectivity index (χ4v) is 2.49. The van der Waals surface area contributed by atoms with Gasteiger partial charge in [-0.1, -0.05) is 48.6 Å². The van der Waals surface area contributed by atoms with E-state index >= 15 is 0 Å². The lowest BCUT2D eigenvalue weighted by Gasteiger charge is -2.17. The minimum absolute atomic E-state index is 0.234. The molecule has 0 amide bonds. The number of allylic oxidation sites excluding steroid dienone is 2. The van der Waals surface area contributed by atoms with E-state index in [-0.39, 0.29) is 11.5 Å². The molecule has 0 radical (unpaired) electrons. The first-order valence-corrected chi connectivity index (χ1v) is 6.65. The van der Waals surface area contributed by atoms with E-state index in [4.69, 9.17) is 0 Å². The lowest BCUT2D eigenvalue weighted by Crippen LogP contribution is -1.99. The van der Waals surface area contributed by atoms with Gasteiger partial charge in [-0.25, -0.2) is 0 Å². The van der Waals surface area contributed by atoms with Crippen molar-refractivity contribution in [1.82, 2.24) is 0 Å². The molecule has 2 N–H and O–H groups in total. The third-order valence-corrected chi connectivity index (χ3v) is 3.33. The Morgan fingerprint density at radius 2 is 1.20 bits per heavy atom. The van der Waals surface area contributed by atoms with Crippen LogP contribution in [0, 0.1) is 0 Å². The number of hydrogen-bond donors (Lipinski definition) is 2. The van der Waals surface area contributed by atoms with Gasteiger partial charge in [0.2, 0.25) is 0 Å². The zero-order chi connectivity index (χ0) is 14.9. The second-order valence-electron chi connectivity index (χ2n) is 5.47. The van der Waals surface area contributed by atoms with Crippen LogP contribution in [-0.4, -0.2) is 10.2 Å². The molecule has 104 valence electrons. The number of rotatable bonds is 4. The number of phenols is 2. The second-order valence-corrected chi connectivity index (χ2v) is 5.47. The minimum atomic E-state index is 0.234. The van der Waals surface area contributed by atoms with Crippen molar-refractivity contribution in [3.63, 3.8) is 0 Å². The summed E-state index contributed by atoms with van der Waals surface area (Å²) in [5.74, 6) is 0.468. The average Bonchev–Trinajstić information content (AvgIpc) is 2.39. The van der Waals surface area contributed by atoms with Crippen LogP contribution in [0.25, 0.3) is 10.8 Å². The summed E-state index contributed by atoms with van der Waals surface area (Å²) in [5.41, 5.74) is 3.38. The van der Waals surface area contributed by atoms with Gasteiger partial charge in [0.25, 0.3) is 0 Å². The fraction of sp³-hybridized carbons (Fsp3) is 0.222. The Balaban J connectivity index is 2.80. The number of hydrogen-bond acceptors (Lipinski definition) is 2. The van der Waals surface area contributed by atoms with E-state index in [2.05, 4.69) is 13.2 Å². The molecule has 0 saturated heterocycles. The molecule has 0 fully saturated rings. The van der Waals surface area contributed by atoms with Gasteiger partial charge < -0.3 is 10.2 Å². The van der Waals surface area contributed by atoms with Crippen molar-refractivity contribution in [2.75, 3.05) is 0 Å². The van der Waals surface area contributed by atoms with Gasteiger partial charge in [0.15, 0.2) is 0 Å². The SMILES string of the molecule is C=C(C)Cc1c(CC(=C)C)c(O)c2ccccc2c1O. The molecule has 0 aliphatic heterocycles. The fourth-order valence-electron chi connectivity index (χ4n) is 2.49. The van der Waals surface area contributed by atoms with Crippen molar-refractivity contribution < 1.29 is 10.2 Å². The van der Waals surface area contributed by atoms with Crippen LogP contribution in [0.1, 0.15) is 25.0 Å². The highest BCUT2D eigenvalue weighted by molar-refractivity contribution is 5.95. The first kappa shape index (κ1) is 14.2. The number of fused-ring (bicyclic) bond motifs is 1. The van der Waals surface area contributed by atoms with E-state index in [1.807, 2.05) is 38.1 Å². The molecule has 2 nitrogen and oxygen atoms in total. The summed E-state index contributed by atoms with van der Waals surface area (Å²) in [6.45, 7) is 11.6. The number of phenolic OH excluding ortho intramolecular Hbond substituents is 2. The molecule has 0 heterocycles. The van der Waals surface area contributed by atoms with Gasteiger partial charge in [-0.15, -0.1) is 0 Å². The topological polar surface area (TPSA) is 40.5 Å². The third kappa shape index (κ3) is 2.55. The molecule has 20 heavy (non-hydrogen) atoms. The summed E-state index contributed by atoms with van der Waals surface area (Å²) in [6, 6.07) is 7.34. The van der Waals surface area contributed by atoms with E-state index in [0.29, 0.717) is 23.6 Å². The first-order valence-electron chi connectivity index (χ1n) is 6.65. The van der Waals surface area contributed by atoms with Crippen LogP contribution in [0.4, 0.5) is 0 Å². The van der Waals surface area contributed by atoms with Crippen LogP contribution in [0.3, 0.4) is 0 Å². The molecular formula is C18H20O2. The Bertz CT molecular complexity index is 636. The number of benzene rings is 2. The van der Waals surface area contributed by atoms with Gasteiger partial charge in [0.1, 0.15) is 11.5 Å². The lowest BCUT2D eigenvalue weighted by molar-refractivity contribution is 0.459. The monoisotopic (exact) mass is 268 g/mol. The Hall–Kier alpha value is -2.22. The van der Waals surface area contributed by atoms with E-state index < -0.39 is 0 Å². The van der Waals surface area contributed by atoms with Crippen LogP contribution in [0.2, 0.25) is 0 Å². The molecule has 0 atom stereocenters. The van der Waals surface area contributed by atoms with Crippen molar-refractivity contribution in [3.8, 4) is 11.5 Å². The van der Waals surface area contributed by atoms with Crippen molar-refractivity contribution in [2.45, 2.75) is 26.7 Å². The Morgan fingerprint density at radius 3 is 1.50 bits per heavy atom. The predicted octanol–water partition coefficient (Wildman–Crippen LogP) is 4.49. The molecule has 2 rings (SSSR count). The molecule has 0 aliphatic rings. The van der Waals surface area contributed by atoms with Crippen molar-refractivity contribution >= 4 is 10.8 Å². The summed E-state index contributed by atoms with van der Waals surface area (Å²) >= 11 is 0. The summed E-state index contributed by atoms with van der Waals surface area (Å²) < 4.78 is 0. The first-order chi connectivity index (χ1) is 9.41. The molecule has 2 heteroatoms. The maximum Gasteiger partial charge on any atom is 0.127 e. The highest BCUT2D eigenvalue weighted by Crippen LogP contribution is 2.41. The van der Waals surface area contributed by atoms with Crippen LogP contribution in [0.5, 0.6) is 11.5 Å². The third-order valence-electron chi connectivity index (χ3n) is 3.33. The highest BCUT2D eigenvalue weighted by atomic mass is 16.3. The van der Waals surface area contributed by atoms with E-state index in [0.717, 1.165) is 22.3 Å². The predicted molar refractivity (Wildman–Crippen MR) is 84.3 cm³/mol. The maximum absolute atomic E-state index is 10.5. The minimum Gasteiger partial charge on any atom is -0.507 e. The van der Waals surface area contributed by atoms with Crippen molar-refractivity contribution in [3.05, 3.63) is 59.7 Å². The Labute approximate surface area is 119 Å². The van der Waals surface area contributed by atoms with Crippen molar-refractivity contribution in [1.29, 1.82) is 0 Å². The standard InChI is InChI=1S/C18H20O2/c1-11(2)9-15-16(10-12(3)4)18(20)14-8-6-5-7-13(14)17(15)19/h5-8,19-20H,1,3,9-10H2,2,4H3. The van der Waals surface area contributed by atoms with Crippen LogP contribution in [-0.2, 0) is 12.8 Å². The van der Waals surface area contributed by atoms with Gasteiger partial charge >= 0.3 is 0 Å². The summed E-state index contributed by atoms with van der Waals surface area (Å²) in [7, 11) is 0. The summed E-state index contributed by atoms with van der Waals surface area (Å²) in [5, 5.41) is 22.4. The van der Waals surface area contributed by atoms with E-state index in [9.17, 15) is 10.2 Å². The van der Waals surface area contributed by atoms with Gasteiger partial charge in [0.05, 0.1) is 0 Å². The summed E-state index contributed by atoms with van der Waals surface area (Å²) in [4.78, 5) is 0. The largest absolute Gasteiger partial charge is 0.507 e. The second kappa shape index (κ2) is 5.41. The van der Waals surface area contributed by atoms with Gasteiger partial charge in [-0.05, 0) is 26.7 Å². The molecule has 0 saturated carbocycles. The molecule has 2 aromatic rings. The zero-order valence-corrected chi connectivity index (χ0v) is 12.0. The van der Waals surface area contributed by atoms with Crippen LogP contribution in [0.15, 0.2) is 48.6 Å². The molecule has 0 bridgehead atoms.